The van der Waals surface area contributed by atoms with Gasteiger partial charge in [0.25, 0.3) is 0 Å². The standard InChI is InChI=1S/C23H22FN5O/c1-14-9-18(24)10-19-21(14)26-12-17(11-25)22(19)29-8-4-6-16(13-29)23(30)28-20-7-3-5-15(2)27-20/h3,5,7,9-10,12,16H,4,6,8,13H2,1-2H3,(H,27,28,30). The van der Waals surface area contributed by atoms with Crippen molar-refractivity contribution in [3.63, 3.8) is 0 Å². The maximum absolute atomic E-state index is 14.2. The second kappa shape index (κ2) is 8.07. The number of piperidine rings is 1. The highest BCUT2D eigenvalue weighted by Gasteiger charge is 2.29. The van der Waals surface area contributed by atoms with Gasteiger partial charge in [0.2, 0.25) is 5.91 Å². The topological polar surface area (TPSA) is 81.9 Å². The molecule has 30 heavy (non-hydrogen) atoms. The summed E-state index contributed by atoms with van der Waals surface area (Å²) >= 11 is 0. The van der Waals surface area contributed by atoms with Gasteiger partial charge in [-0.05, 0) is 56.5 Å². The molecule has 1 fully saturated rings. The van der Waals surface area contributed by atoms with Crippen LogP contribution >= 0.6 is 0 Å². The van der Waals surface area contributed by atoms with E-state index >= 15 is 0 Å². The van der Waals surface area contributed by atoms with Crippen LogP contribution in [0.2, 0.25) is 0 Å². The first kappa shape index (κ1) is 19.8. The van der Waals surface area contributed by atoms with Crippen LogP contribution in [-0.4, -0.2) is 29.0 Å². The summed E-state index contributed by atoms with van der Waals surface area (Å²) in [5, 5.41) is 13.1. The third-order valence-electron chi connectivity index (χ3n) is 5.47. The van der Waals surface area contributed by atoms with Crippen molar-refractivity contribution >= 4 is 28.3 Å². The van der Waals surface area contributed by atoms with E-state index in [2.05, 4.69) is 21.4 Å². The molecule has 7 heteroatoms. The molecule has 3 aromatic rings. The molecule has 1 aliphatic rings. The van der Waals surface area contributed by atoms with Crippen LogP contribution in [0.15, 0.2) is 36.5 Å². The maximum atomic E-state index is 14.2. The van der Waals surface area contributed by atoms with E-state index < -0.39 is 0 Å². The van der Waals surface area contributed by atoms with Crippen molar-refractivity contribution in [2.75, 3.05) is 23.3 Å². The zero-order valence-corrected chi connectivity index (χ0v) is 16.9. The number of fused-ring (bicyclic) bond motifs is 1. The van der Waals surface area contributed by atoms with Gasteiger partial charge in [-0.2, -0.15) is 5.26 Å². The fraction of sp³-hybridized carbons (Fsp3) is 0.304. The van der Waals surface area contributed by atoms with Crippen LogP contribution in [0.4, 0.5) is 15.9 Å². The second-order valence-corrected chi connectivity index (χ2v) is 7.69. The van der Waals surface area contributed by atoms with Crippen LogP contribution in [0.5, 0.6) is 0 Å². The largest absolute Gasteiger partial charge is 0.369 e. The third kappa shape index (κ3) is 3.81. The van der Waals surface area contributed by atoms with Crippen LogP contribution in [-0.2, 0) is 4.79 Å². The number of hydrogen-bond donors (Lipinski definition) is 1. The Kier molecular flexibility index (Phi) is 5.32. The van der Waals surface area contributed by atoms with E-state index in [0.717, 1.165) is 18.5 Å². The molecular formula is C23H22FN5O. The van der Waals surface area contributed by atoms with Gasteiger partial charge in [0.05, 0.1) is 22.7 Å². The predicted octanol–water partition coefficient (Wildman–Crippen LogP) is 4.11. The summed E-state index contributed by atoms with van der Waals surface area (Å²) in [7, 11) is 0. The molecule has 3 heterocycles. The first-order valence-corrected chi connectivity index (χ1v) is 9.94. The van der Waals surface area contributed by atoms with E-state index in [1.807, 2.05) is 24.0 Å². The smallest absolute Gasteiger partial charge is 0.230 e. The van der Waals surface area contributed by atoms with Gasteiger partial charge in [0, 0.05) is 30.4 Å². The van der Waals surface area contributed by atoms with Crippen molar-refractivity contribution < 1.29 is 9.18 Å². The fourth-order valence-corrected chi connectivity index (χ4v) is 4.08. The molecule has 152 valence electrons. The number of aryl methyl sites for hydroxylation is 2. The molecule has 4 rings (SSSR count). The summed E-state index contributed by atoms with van der Waals surface area (Å²) in [5.41, 5.74) is 3.25. The summed E-state index contributed by atoms with van der Waals surface area (Å²) in [4.78, 5) is 23.6. The van der Waals surface area contributed by atoms with E-state index in [1.165, 1.54) is 18.3 Å². The first-order chi connectivity index (χ1) is 14.5. The molecular weight excluding hydrogens is 381 g/mol. The molecule has 2 aromatic heterocycles. The average molecular weight is 403 g/mol. The molecule has 1 aliphatic heterocycles. The highest BCUT2D eigenvalue weighted by molar-refractivity contribution is 5.97. The number of carbonyl (C=O) groups excluding carboxylic acids is 1. The number of nitrogens with one attached hydrogen (secondary N) is 1. The maximum Gasteiger partial charge on any atom is 0.230 e. The lowest BCUT2D eigenvalue weighted by molar-refractivity contribution is -0.120. The molecule has 0 bridgehead atoms. The van der Waals surface area contributed by atoms with Crippen LogP contribution in [0.1, 0.15) is 29.7 Å². The number of rotatable bonds is 3. The van der Waals surface area contributed by atoms with Crippen LogP contribution in [0, 0.1) is 36.9 Å². The van der Waals surface area contributed by atoms with Crippen molar-refractivity contribution in [2.24, 2.45) is 5.92 Å². The Morgan fingerprint density at radius 3 is 2.93 bits per heavy atom. The van der Waals surface area contributed by atoms with Crippen molar-refractivity contribution in [3.8, 4) is 6.07 Å². The van der Waals surface area contributed by atoms with E-state index in [0.29, 0.717) is 46.6 Å². The monoisotopic (exact) mass is 403 g/mol. The minimum atomic E-state index is -0.366. The first-order valence-electron chi connectivity index (χ1n) is 9.94. The summed E-state index contributed by atoms with van der Waals surface area (Å²) in [6.07, 6.45) is 3.07. The molecule has 1 amide bonds. The Balaban J connectivity index is 1.65. The fourth-order valence-electron chi connectivity index (χ4n) is 4.08. The Morgan fingerprint density at radius 2 is 2.17 bits per heavy atom. The lowest BCUT2D eigenvalue weighted by Gasteiger charge is -2.34. The molecule has 1 unspecified atom stereocenters. The second-order valence-electron chi connectivity index (χ2n) is 7.69. The van der Waals surface area contributed by atoms with Gasteiger partial charge >= 0.3 is 0 Å². The number of anilines is 2. The van der Waals surface area contributed by atoms with E-state index in [1.54, 1.807) is 13.0 Å². The Morgan fingerprint density at radius 1 is 1.33 bits per heavy atom. The lowest BCUT2D eigenvalue weighted by atomic mass is 9.95. The van der Waals surface area contributed by atoms with Crippen molar-refractivity contribution in [1.29, 1.82) is 5.26 Å². The molecule has 1 saturated heterocycles. The van der Waals surface area contributed by atoms with Crippen LogP contribution in [0.3, 0.4) is 0 Å². The molecule has 0 spiro atoms. The third-order valence-corrected chi connectivity index (χ3v) is 5.47. The van der Waals surface area contributed by atoms with Gasteiger partial charge in [0.15, 0.2) is 0 Å². The highest BCUT2D eigenvalue weighted by atomic mass is 19.1. The lowest BCUT2D eigenvalue weighted by Crippen LogP contribution is -2.41. The summed E-state index contributed by atoms with van der Waals surface area (Å²) in [6, 6.07) is 10.5. The number of benzene rings is 1. The number of nitriles is 1. The number of halogens is 1. The van der Waals surface area contributed by atoms with Crippen LogP contribution < -0.4 is 10.2 Å². The predicted molar refractivity (Wildman–Crippen MR) is 114 cm³/mol. The summed E-state index contributed by atoms with van der Waals surface area (Å²) in [5.74, 6) is -0.195. The number of hydrogen-bond acceptors (Lipinski definition) is 5. The molecule has 1 atom stereocenters. The zero-order chi connectivity index (χ0) is 21.3. The Bertz CT molecular complexity index is 1170. The van der Waals surface area contributed by atoms with Gasteiger partial charge in [-0.1, -0.05) is 6.07 Å². The van der Waals surface area contributed by atoms with E-state index in [-0.39, 0.29) is 17.6 Å². The van der Waals surface area contributed by atoms with E-state index in [4.69, 9.17) is 0 Å². The number of aromatic nitrogens is 2. The highest BCUT2D eigenvalue weighted by Crippen LogP contribution is 2.34. The van der Waals surface area contributed by atoms with Crippen molar-refractivity contribution in [2.45, 2.75) is 26.7 Å². The molecule has 6 nitrogen and oxygen atoms in total. The van der Waals surface area contributed by atoms with Crippen molar-refractivity contribution in [3.05, 3.63) is 59.2 Å². The minimum absolute atomic E-state index is 0.1000. The quantitative estimate of drug-likeness (QED) is 0.712. The SMILES string of the molecule is Cc1cccc(NC(=O)C2CCCN(c3c(C#N)cnc4c(C)cc(F)cc34)C2)n1. The van der Waals surface area contributed by atoms with Gasteiger partial charge in [-0.15, -0.1) is 0 Å². The van der Waals surface area contributed by atoms with Crippen LogP contribution in [0.25, 0.3) is 10.9 Å². The minimum Gasteiger partial charge on any atom is -0.369 e. The summed E-state index contributed by atoms with van der Waals surface area (Å²) < 4.78 is 14.2. The normalized spacial score (nSPS) is 16.3. The Labute approximate surface area is 174 Å². The van der Waals surface area contributed by atoms with Gasteiger partial charge in [0.1, 0.15) is 17.7 Å². The molecule has 0 saturated carbocycles. The number of carbonyl (C=O) groups is 1. The average Bonchev–Trinajstić information content (AvgIpc) is 2.73. The zero-order valence-electron chi connectivity index (χ0n) is 16.9. The molecule has 0 radical (unpaired) electrons. The van der Waals surface area contributed by atoms with Gasteiger partial charge in [-0.25, -0.2) is 9.37 Å². The summed E-state index contributed by atoms with van der Waals surface area (Å²) in [6.45, 7) is 4.81. The number of amides is 1. The molecule has 1 aromatic carbocycles. The molecule has 1 N–H and O–H groups in total. The van der Waals surface area contributed by atoms with Gasteiger partial charge < -0.3 is 10.2 Å². The molecule has 0 aliphatic carbocycles. The Hall–Kier alpha value is -3.53. The van der Waals surface area contributed by atoms with Crippen molar-refractivity contribution in [1.82, 2.24) is 9.97 Å². The van der Waals surface area contributed by atoms with Gasteiger partial charge in [-0.3, -0.25) is 9.78 Å². The number of nitrogens with zero attached hydrogens (tertiary/aromatic N) is 4. The van der Waals surface area contributed by atoms with E-state index in [9.17, 15) is 14.4 Å². The number of pyridine rings is 2.